The van der Waals surface area contributed by atoms with Gasteiger partial charge < -0.3 is 14.2 Å². The first-order chi connectivity index (χ1) is 9.36. The molecule has 4 heteroatoms. The van der Waals surface area contributed by atoms with E-state index in [0.717, 1.165) is 29.9 Å². The number of fused-ring (bicyclic) bond motifs is 2. The van der Waals surface area contributed by atoms with E-state index in [2.05, 4.69) is 17.2 Å². The molecule has 0 spiro atoms. The maximum absolute atomic E-state index is 5.84. The minimum atomic E-state index is -0.281. The van der Waals surface area contributed by atoms with Gasteiger partial charge in [0.1, 0.15) is 5.60 Å². The third-order valence-electron chi connectivity index (χ3n) is 4.05. The lowest BCUT2D eigenvalue weighted by atomic mass is 9.98. The zero-order valence-corrected chi connectivity index (χ0v) is 10.6. The molecule has 3 aliphatic rings. The SMILES string of the molecule is C(#CC12CCCC1NCO2)c1ccc2c(c1)OCO2. The molecule has 0 bridgehead atoms. The molecule has 4 nitrogen and oxygen atoms in total. The van der Waals surface area contributed by atoms with Crippen molar-refractivity contribution in [1.29, 1.82) is 0 Å². The fourth-order valence-electron chi connectivity index (χ4n) is 3.02. The van der Waals surface area contributed by atoms with Crippen LogP contribution in [-0.2, 0) is 4.74 Å². The highest BCUT2D eigenvalue weighted by Crippen LogP contribution is 2.36. The Hall–Kier alpha value is -1.70. The quantitative estimate of drug-likeness (QED) is 0.717. The van der Waals surface area contributed by atoms with Gasteiger partial charge in [-0.3, -0.25) is 5.32 Å². The third-order valence-corrected chi connectivity index (χ3v) is 4.05. The summed E-state index contributed by atoms with van der Waals surface area (Å²) in [6.07, 6.45) is 3.34. The lowest BCUT2D eigenvalue weighted by Gasteiger charge is -2.20. The van der Waals surface area contributed by atoms with Gasteiger partial charge in [-0.05, 0) is 37.5 Å². The Morgan fingerprint density at radius 3 is 3.21 bits per heavy atom. The van der Waals surface area contributed by atoms with Crippen LogP contribution in [0, 0.1) is 11.8 Å². The highest BCUT2D eigenvalue weighted by molar-refractivity contribution is 5.50. The van der Waals surface area contributed by atoms with E-state index in [-0.39, 0.29) is 5.60 Å². The summed E-state index contributed by atoms with van der Waals surface area (Å²) in [6.45, 7) is 0.908. The van der Waals surface area contributed by atoms with E-state index in [1.165, 1.54) is 6.42 Å². The van der Waals surface area contributed by atoms with Gasteiger partial charge in [0.25, 0.3) is 0 Å². The molecule has 2 unspecified atom stereocenters. The molecule has 2 fully saturated rings. The number of nitrogens with one attached hydrogen (secondary N) is 1. The number of hydrogen-bond acceptors (Lipinski definition) is 4. The number of rotatable bonds is 0. The molecule has 98 valence electrons. The van der Waals surface area contributed by atoms with Crippen LogP contribution in [0.15, 0.2) is 18.2 Å². The summed E-state index contributed by atoms with van der Waals surface area (Å²) >= 11 is 0. The lowest BCUT2D eigenvalue weighted by Crippen LogP contribution is -2.37. The van der Waals surface area contributed by atoms with Gasteiger partial charge in [0, 0.05) is 11.6 Å². The second-order valence-electron chi connectivity index (χ2n) is 5.15. The number of hydrogen-bond donors (Lipinski definition) is 1. The molecule has 2 aliphatic heterocycles. The predicted octanol–water partition coefficient (Wildman–Crippen LogP) is 1.64. The van der Waals surface area contributed by atoms with Crippen LogP contribution < -0.4 is 14.8 Å². The molecule has 0 aromatic heterocycles. The molecule has 1 N–H and O–H groups in total. The molecule has 0 radical (unpaired) electrons. The van der Waals surface area contributed by atoms with Gasteiger partial charge in [-0.15, -0.1) is 0 Å². The van der Waals surface area contributed by atoms with Crippen LogP contribution in [0.3, 0.4) is 0 Å². The van der Waals surface area contributed by atoms with E-state index in [0.29, 0.717) is 19.6 Å². The maximum atomic E-state index is 5.84. The first-order valence-corrected chi connectivity index (χ1v) is 6.66. The second-order valence-corrected chi connectivity index (χ2v) is 5.15. The Kier molecular flexibility index (Phi) is 2.44. The van der Waals surface area contributed by atoms with Gasteiger partial charge in [-0.2, -0.15) is 0 Å². The van der Waals surface area contributed by atoms with Gasteiger partial charge in [0.2, 0.25) is 6.79 Å². The van der Waals surface area contributed by atoms with E-state index >= 15 is 0 Å². The van der Waals surface area contributed by atoms with Crippen LogP contribution in [0.25, 0.3) is 0 Å². The van der Waals surface area contributed by atoms with Crippen molar-refractivity contribution in [2.75, 3.05) is 13.5 Å². The van der Waals surface area contributed by atoms with Crippen molar-refractivity contribution >= 4 is 0 Å². The summed E-state index contributed by atoms with van der Waals surface area (Å²) in [5, 5.41) is 3.37. The standard InChI is InChI=1S/C15H15NO3/c1-2-14-15(6-1,19-9-16-14)7-5-11-3-4-12-13(8-11)18-10-17-12/h3-4,8,14,16H,1-2,6,9-10H2. The van der Waals surface area contributed by atoms with Crippen molar-refractivity contribution in [3.05, 3.63) is 23.8 Å². The largest absolute Gasteiger partial charge is 0.454 e. The lowest BCUT2D eigenvalue weighted by molar-refractivity contribution is 0.0533. The summed E-state index contributed by atoms with van der Waals surface area (Å²) in [5.74, 6) is 8.13. The Morgan fingerprint density at radius 1 is 1.26 bits per heavy atom. The summed E-state index contributed by atoms with van der Waals surface area (Å²) < 4.78 is 16.5. The fourth-order valence-corrected chi connectivity index (χ4v) is 3.02. The number of benzene rings is 1. The monoisotopic (exact) mass is 257 g/mol. The third kappa shape index (κ3) is 1.78. The molecule has 19 heavy (non-hydrogen) atoms. The molecule has 0 amide bonds. The molecule has 1 saturated heterocycles. The van der Waals surface area contributed by atoms with Gasteiger partial charge in [-0.1, -0.05) is 11.8 Å². The Balaban J connectivity index is 1.63. The average molecular weight is 257 g/mol. The normalized spacial score (nSPS) is 30.8. The molecule has 1 saturated carbocycles. The second kappa shape index (κ2) is 4.16. The van der Waals surface area contributed by atoms with Crippen LogP contribution in [0.5, 0.6) is 11.5 Å². The van der Waals surface area contributed by atoms with E-state index < -0.39 is 0 Å². The van der Waals surface area contributed by atoms with Gasteiger partial charge >= 0.3 is 0 Å². The van der Waals surface area contributed by atoms with Gasteiger partial charge in [-0.25, -0.2) is 0 Å². The van der Waals surface area contributed by atoms with Crippen molar-refractivity contribution in [1.82, 2.24) is 5.32 Å². The van der Waals surface area contributed by atoms with Crippen molar-refractivity contribution in [3.8, 4) is 23.3 Å². The van der Waals surface area contributed by atoms with Crippen LogP contribution >= 0.6 is 0 Å². The molecule has 4 rings (SSSR count). The minimum Gasteiger partial charge on any atom is -0.454 e. The molecular weight excluding hydrogens is 242 g/mol. The highest BCUT2D eigenvalue weighted by atomic mass is 16.7. The van der Waals surface area contributed by atoms with Crippen LogP contribution in [0.2, 0.25) is 0 Å². The van der Waals surface area contributed by atoms with E-state index in [1.807, 2.05) is 18.2 Å². The molecule has 2 heterocycles. The fraction of sp³-hybridized carbons (Fsp3) is 0.467. The first kappa shape index (κ1) is 11.2. The van der Waals surface area contributed by atoms with E-state index in [4.69, 9.17) is 14.2 Å². The molecule has 1 aromatic carbocycles. The Labute approximate surface area is 112 Å². The molecule has 1 aromatic rings. The van der Waals surface area contributed by atoms with Gasteiger partial charge in [0.15, 0.2) is 11.5 Å². The summed E-state index contributed by atoms with van der Waals surface area (Å²) in [5.41, 5.74) is 0.663. The van der Waals surface area contributed by atoms with Crippen LogP contribution in [-0.4, -0.2) is 25.2 Å². The van der Waals surface area contributed by atoms with Crippen molar-refractivity contribution in [2.45, 2.75) is 30.9 Å². The number of ether oxygens (including phenoxy) is 3. The van der Waals surface area contributed by atoms with Crippen LogP contribution in [0.4, 0.5) is 0 Å². The predicted molar refractivity (Wildman–Crippen MR) is 68.9 cm³/mol. The zero-order valence-electron chi connectivity index (χ0n) is 10.6. The van der Waals surface area contributed by atoms with Crippen LogP contribution in [0.1, 0.15) is 24.8 Å². The van der Waals surface area contributed by atoms with Crippen molar-refractivity contribution < 1.29 is 14.2 Å². The summed E-state index contributed by atoms with van der Waals surface area (Å²) in [6, 6.07) is 6.18. The first-order valence-electron chi connectivity index (χ1n) is 6.66. The Bertz CT molecular complexity index is 562. The zero-order chi connectivity index (χ0) is 12.7. The molecule has 1 aliphatic carbocycles. The van der Waals surface area contributed by atoms with E-state index in [1.54, 1.807) is 0 Å². The average Bonchev–Trinajstić information content (AvgIpc) is 3.10. The van der Waals surface area contributed by atoms with Gasteiger partial charge in [0.05, 0.1) is 6.73 Å². The summed E-state index contributed by atoms with van der Waals surface area (Å²) in [4.78, 5) is 0. The molecular formula is C15H15NO3. The highest BCUT2D eigenvalue weighted by Gasteiger charge is 2.46. The van der Waals surface area contributed by atoms with E-state index in [9.17, 15) is 0 Å². The maximum Gasteiger partial charge on any atom is 0.231 e. The minimum absolute atomic E-state index is 0.281. The summed E-state index contributed by atoms with van der Waals surface area (Å²) in [7, 11) is 0. The van der Waals surface area contributed by atoms with Crippen molar-refractivity contribution in [2.24, 2.45) is 0 Å². The van der Waals surface area contributed by atoms with Crippen molar-refractivity contribution in [3.63, 3.8) is 0 Å². The molecule has 2 atom stereocenters. The Morgan fingerprint density at radius 2 is 2.21 bits per heavy atom. The smallest absolute Gasteiger partial charge is 0.231 e. The topological polar surface area (TPSA) is 39.7 Å².